The summed E-state index contributed by atoms with van der Waals surface area (Å²) in [6.45, 7) is 4.85. The second-order valence-corrected chi connectivity index (χ2v) is 7.10. The Hall–Kier alpha value is -1.85. The van der Waals surface area contributed by atoms with Gasteiger partial charge in [0, 0.05) is 31.4 Å². The monoisotopic (exact) mass is 345 g/mol. The van der Waals surface area contributed by atoms with Crippen LogP contribution in [0.5, 0.6) is 0 Å². The van der Waals surface area contributed by atoms with Crippen molar-refractivity contribution >= 4 is 5.69 Å². The molecule has 1 aliphatic rings. The molecule has 136 valence electrons. The predicted molar refractivity (Wildman–Crippen MR) is 99.5 cm³/mol. The number of hydrogen-bond acceptors (Lipinski definition) is 4. The predicted octanol–water partition coefficient (Wildman–Crippen LogP) is 3.59. The fourth-order valence-electron chi connectivity index (χ4n) is 3.60. The van der Waals surface area contributed by atoms with Gasteiger partial charge in [-0.15, -0.1) is 0 Å². The maximum absolute atomic E-state index is 13.3. The van der Waals surface area contributed by atoms with Crippen LogP contribution < -0.4 is 10.2 Å². The summed E-state index contributed by atoms with van der Waals surface area (Å²) in [5.41, 5.74) is 2.17. The van der Waals surface area contributed by atoms with Gasteiger partial charge < -0.3 is 14.6 Å². The Labute approximate surface area is 149 Å². The number of benzene rings is 1. The lowest BCUT2D eigenvalue weighted by molar-refractivity contribution is 0.238. The summed E-state index contributed by atoms with van der Waals surface area (Å²) < 4.78 is 18.9. The Kier molecular flexibility index (Phi) is 5.76. The molecule has 0 bridgehead atoms. The highest BCUT2D eigenvalue weighted by Crippen LogP contribution is 2.25. The fourth-order valence-corrected chi connectivity index (χ4v) is 3.60. The van der Waals surface area contributed by atoms with E-state index >= 15 is 0 Å². The molecule has 5 heteroatoms. The normalized spacial score (nSPS) is 17.2. The number of halogens is 1. The van der Waals surface area contributed by atoms with Gasteiger partial charge in [0.2, 0.25) is 0 Å². The number of piperidine rings is 1. The van der Waals surface area contributed by atoms with Crippen molar-refractivity contribution in [3.05, 3.63) is 53.7 Å². The molecule has 0 radical (unpaired) electrons. The Balaban J connectivity index is 1.52. The molecule has 0 amide bonds. The van der Waals surface area contributed by atoms with Crippen LogP contribution in [-0.4, -0.2) is 44.7 Å². The first-order chi connectivity index (χ1) is 12.0. The lowest BCUT2D eigenvalue weighted by Gasteiger charge is -2.36. The second-order valence-electron chi connectivity index (χ2n) is 7.10. The lowest BCUT2D eigenvalue weighted by atomic mass is 10.0. The maximum Gasteiger partial charge on any atom is 0.123 e. The molecule has 2 aromatic rings. The van der Waals surface area contributed by atoms with Crippen LogP contribution in [0.3, 0.4) is 0 Å². The van der Waals surface area contributed by atoms with Crippen LogP contribution in [0.1, 0.15) is 30.2 Å². The summed E-state index contributed by atoms with van der Waals surface area (Å²) >= 11 is 0. The maximum atomic E-state index is 13.3. The van der Waals surface area contributed by atoms with Crippen LogP contribution in [0.2, 0.25) is 0 Å². The standard InChI is InChI=1S/C20H28FN3O/c1-15-13-16(21)6-7-18(15)24-10-8-17(9-11-24)22-14-19(23(2)3)20-5-4-12-25-20/h4-7,12-13,17,19,22H,8-11,14H2,1-3H3. The van der Waals surface area contributed by atoms with Crippen molar-refractivity contribution in [2.24, 2.45) is 0 Å². The molecule has 25 heavy (non-hydrogen) atoms. The molecule has 1 aliphatic heterocycles. The highest BCUT2D eigenvalue weighted by atomic mass is 19.1. The molecule has 4 nitrogen and oxygen atoms in total. The van der Waals surface area contributed by atoms with E-state index in [1.54, 1.807) is 18.4 Å². The zero-order chi connectivity index (χ0) is 17.8. The molecule has 1 N–H and O–H groups in total. The molecule has 1 atom stereocenters. The Bertz CT molecular complexity index is 664. The van der Waals surface area contributed by atoms with Gasteiger partial charge in [0.05, 0.1) is 12.3 Å². The van der Waals surface area contributed by atoms with Crippen LogP contribution in [0.15, 0.2) is 41.0 Å². The highest BCUT2D eigenvalue weighted by molar-refractivity contribution is 5.53. The molecule has 1 unspecified atom stereocenters. The molecule has 1 aromatic heterocycles. The van der Waals surface area contributed by atoms with Gasteiger partial charge in [-0.1, -0.05) is 0 Å². The van der Waals surface area contributed by atoms with Crippen LogP contribution in [-0.2, 0) is 0 Å². The van der Waals surface area contributed by atoms with Crippen molar-refractivity contribution in [3.63, 3.8) is 0 Å². The number of likely N-dealkylation sites (N-methyl/N-ethyl adjacent to an activating group) is 1. The summed E-state index contributed by atoms with van der Waals surface area (Å²) in [6.07, 6.45) is 3.92. The molecule has 2 heterocycles. The quantitative estimate of drug-likeness (QED) is 0.867. The minimum absolute atomic E-state index is 0.162. The first-order valence-corrected chi connectivity index (χ1v) is 8.99. The Morgan fingerprint density at radius 2 is 2.04 bits per heavy atom. The van der Waals surface area contributed by atoms with Gasteiger partial charge in [-0.3, -0.25) is 4.90 Å². The van der Waals surface area contributed by atoms with Gasteiger partial charge in [0.15, 0.2) is 0 Å². The third kappa shape index (κ3) is 4.41. The van der Waals surface area contributed by atoms with Gasteiger partial charge in [-0.05, 0) is 69.8 Å². The number of aryl methyl sites for hydroxylation is 1. The number of nitrogens with one attached hydrogen (secondary N) is 1. The first-order valence-electron chi connectivity index (χ1n) is 8.99. The minimum atomic E-state index is -0.162. The van der Waals surface area contributed by atoms with Gasteiger partial charge in [0.25, 0.3) is 0 Å². The van der Waals surface area contributed by atoms with Crippen molar-refractivity contribution in [3.8, 4) is 0 Å². The molecule has 1 fully saturated rings. The van der Waals surface area contributed by atoms with Gasteiger partial charge >= 0.3 is 0 Å². The minimum Gasteiger partial charge on any atom is -0.468 e. The first kappa shape index (κ1) is 18.0. The molecule has 1 saturated heterocycles. The van der Waals surface area contributed by atoms with Crippen LogP contribution in [0.4, 0.5) is 10.1 Å². The highest BCUT2D eigenvalue weighted by Gasteiger charge is 2.23. The van der Waals surface area contributed by atoms with Crippen molar-refractivity contribution < 1.29 is 8.81 Å². The number of anilines is 1. The number of nitrogens with zero attached hydrogens (tertiary/aromatic N) is 2. The van der Waals surface area contributed by atoms with Gasteiger partial charge in [-0.2, -0.15) is 0 Å². The second kappa shape index (κ2) is 8.02. The van der Waals surface area contributed by atoms with E-state index in [1.807, 2.05) is 25.1 Å². The van der Waals surface area contributed by atoms with Crippen molar-refractivity contribution in [1.82, 2.24) is 10.2 Å². The van der Waals surface area contributed by atoms with Crippen molar-refractivity contribution in [2.45, 2.75) is 31.8 Å². The van der Waals surface area contributed by atoms with E-state index in [9.17, 15) is 4.39 Å². The summed E-state index contributed by atoms with van der Waals surface area (Å²) in [6, 6.07) is 9.79. The third-order valence-corrected chi connectivity index (χ3v) is 5.09. The van der Waals surface area contributed by atoms with Gasteiger partial charge in [0.1, 0.15) is 11.6 Å². The van der Waals surface area contributed by atoms with E-state index in [1.165, 1.54) is 0 Å². The molecular formula is C20H28FN3O. The fraction of sp³-hybridized carbons (Fsp3) is 0.500. The summed E-state index contributed by atoms with van der Waals surface area (Å²) in [7, 11) is 4.16. The van der Waals surface area contributed by atoms with E-state index in [-0.39, 0.29) is 11.9 Å². The molecular weight excluding hydrogens is 317 g/mol. The molecule has 0 aliphatic carbocycles. The average Bonchev–Trinajstić information content (AvgIpc) is 3.10. The zero-order valence-corrected chi connectivity index (χ0v) is 15.3. The van der Waals surface area contributed by atoms with E-state index < -0.39 is 0 Å². The molecule has 0 spiro atoms. The lowest BCUT2D eigenvalue weighted by Crippen LogP contribution is -2.45. The van der Waals surface area contributed by atoms with E-state index in [0.29, 0.717) is 6.04 Å². The van der Waals surface area contributed by atoms with E-state index in [0.717, 1.165) is 49.5 Å². The largest absolute Gasteiger partial charge is 0.468 e. The molecule has 0 saturated carbocycles. The molecule has 1 aromatic carbocycles. The smallest absolute Gasteiger partial charge is 0.123 e. The van der Waals surface area contributed by atoms with Crippen LogP contribution >= 0.6 is 0 Å². The van der Waals surface area contributed by atoms with Crippen LogP contribution in [0.25, 0.3) is 0 Å². The van der Waals surface area contributed by atoms with E-state index in [4.69, 9.17) is 4.42 Å². The molecule has 3 rings (SSSR count). The topological polar surface area (TPSA) is 31.6 Å². The number of furan rings is 1. The zero-order valence-electron chi connectivity index (χ0n) is 15.3. The summed E-state index contributed by atoms with van der Waals surface area (Å²) in [5.74, 6) is 0.835. The number of hydrogen-bond donors (Lipinski definition) is 1. The summed E-state index contributed by atoms with van der Waals surface area (Å²) in [5, 5.41) is 3.70. The third-order valence-electron chi connectivity index (χ3n) is 5.09. The van der Waals surface area contributed by atoms with E-state index in [2.05, 4.69) is 29.2 Å². The summed E-state index contributed by atoms with van der Waals surface area (Å²) in [4.78, 5) is 4.55. The van der Waals surface area contributed by atoms with Crippen molar-refractivity contribution in [1.29, 1.82) is 0 Å². The SMILES string of the molecule is Cc1cc(F)ccc1N1CCC(NCC(c2ccco2)N(C)C)CC1. The Morgan fingerprint density at radius 3 is 2.64 bits per heavy atom. The van der Waals surface area contributed by atoms with Crippen molar-refractivity contribution in [2.75, 3.05) is 38.6 Å². The Morgan fingerprint density at radius 1 is 1.28 bits per heavy atom. The van der Waals surface area contributed by atoms with Crippen LogP contribution in [0, 0.1) is 12.7 Å². The van der Waals surface area contributed by atoms with Gasteiger partial charge in [-0.25, -0.2) is 4.39 Å². The average molecular weight is 345 g/mol. The number of rotatable bonds is 6.